The van der Waals surface area contributed by atoms with Crippen LogP contribution in [0, 0.1) is 0 Å². The van der Waals surface area contributed by atoms with Crippen molar-refractivity contribution >= 4 is 16.1 Å². The third-order valence-electron chi connectivity index (χ3n) is 2.51. The van der Waals surface area contributed by atoms with Gasteiger partial charge in [-0.15, -0.1) is 0 Å². The molecule has 114 valence electrons. The topological polar surface area (TPSA) is 75.7 Å². The largest absolute Gasteiger partial charge is 0.444 e. The minimum absolute atomic E-state index is 0.0876. The summed E-state index contributed by atoms with van der Waals surface area (Å²) in [5.41, 5.74) is -0.558. The van der Waals surface area contributed by atoms with Crippen molar-refractivity contribution in [3.63, 3.8) is 0 Å². The highest BCUT2D eigenvalue weighted by molar-refractivity contribution is 7.88. The first kappa shape index (κ1) is 18.2. The van der Waals surface area contributed by atoms with Gasteiger partial charge in [0.15, 0.2) is 0 Å². The van der Waals surface area contributed by atoms with Gasteiger partial charge in [-0.3, -0.25) is 0 Å². The summed E-state index contributed by atoms with van der Waals surface area (Å²) in [5, 5.41) is 2.55. The molecule has 0 radical (unpaired) electrons. The summed E-state index contributed by atoms with van der Waals surface area (Å²) in [4.78, 5) is 11.4. The summed E-state index contributed by atoms with van der Waals surface area (Å²) in [6.07, 6.45) is 1.36. The summed E-state index contributed by atoms with van der Waals surface area (Å²) < 4.78 is 29.7. The van der Waals surface area contributed by atoms with E-state index in [4.69, 9.17) is 4.74 Å². The first-order valence-electron chi connectivity index (χ1n) is 6.41. The van der Waals surface area contributed by atoms with Crippen molar-refractivity contribution in [3.8, 4) is 0 Å². The highest BCUT2D eigenvalue weighted by Crippen LogP contribution is 2.08. The standard InChI is InChI=1S/C12H26N2O4S/c1-7-10(2)14(19(6,16)17)9-8-13-11(15)18-12(3,4)5/h10H,7-9H2,1-6H3,(H,13,15). The van der Waals surface area contributed by atoms with Gasteiger partial charge < -0.3 is 10.1 Å². The lowest BCUT2D eigenvalue weighted by atomic mass is 10.2. The highest BCUT2D eigenvalue weighted by atomic mass is 32.2. The Morgan fingerprint density at radius 3 is 2.26 bits per heavy atom. The Bertz CT molecular complexity index is 387. The van der Waals surface area contributed by atoms with E-state index in [0.29, 0.717) is 0 Å². The zero-order valence-corrected chi connectivity index (χ0v) is 13.5. The molecule has 0 aliphatic carbocycles. The number of ether oxygens (including phenoxy) is 1. The van der Waals surface area contributed by atoms with E-state index in [0.717, 1.165) is 6.42 Å². The molecule has 0 saturated heterocycles. The maximum Gasteiger partial charge on any atom is 0.407 e. The van der Waals surface area contributed by atoms with Gasteiger partial charge in [0, 0.05) is 19.1 Å². The number of carbonyl (C=O) groups excluding carboxylic acids is 1. The Morgan fingerprint density at radius 2 is 1.89 bits per heavy atom. The molecule has 0 rings (SSSR count). The van der Waals surface area contributed by atoms with Gasteiger partial charge in [-0.05, 0) is 34.1 Å². The van der Waals surface area contributed by atoms with E-state index in [1.807, 2.05) is 13.8 Å². The van der Waals surface area contributed by atoms with Gasteiger partial charge in [-0.1, -0.05) is 6.92 Å². The first-order chi connectivity index (χ1) is 8.47. The van der Waals surface area contributed by atoms with Crippen molar-refractivity contribution in [3.05, 3.63) is 0 Å². The van der Waals surface area contributed by atoms with E-state index in [2.05, 4.69) is 5.32 Å². The molecule has 0 bridgehead atoms. The predicted molar refractivity (Wildman–Crippen MR) is 75.5 cm³/mol. The first-order valence-corrected chi connectivity index (χ1v) is 8.26. The smallest absolute Gasteiger partial charge is 0.407 e. The van der Waals surface area contributed by atoms with Gasteiger partial charge in [0.2, 0.25) is 10.0 Å². The molecule has 0 spiro atoms. The maximum atomic E-state index is 11.6. The van der Waals surface area contributed by atoms with Crippen LogP contribution in [0.25, 0.3) is 0 Å². The Kier molecular flexibility index (Phi) is 6.79. The number of amides is 1. The molecule has 0 fully saturated rings. The van der Waals surface area contributed by atoms with Crippen LogP contribution in [0.2, 0.25) is 0 Å². The van der Waals surface area contributed by atoms with E-state index in [1.54, 1.807) is 20.8 Å². The molecule has 1 N–H and O–H groups in total. The molecule has 1 atom stereocenters. The molecule has 7 heteroatoms. The Hall–Kier alpha value is -0.820. The van der Waals surface area contributed by atoms with Gasteiger partial charge in [0.25, 0.3) is 0 Å². The fourth-order valence-electron chi connectivity index (χ4n) is 1.50. The van der Waals surface area contributed by atoms with Crippen LogP contribution in [0.1, 0.15) is 41.0 Å². The second kappa shape index (κ2) is 7.09. The Balaban J connectivity index is 4.33. The molecule has 0 aromatic carbocycles. The number of rotatable bonds is 6. The van der Waals surface area contributed by atoms with Crippen LogP contribution in [0.5, 0.6) is 0 Å². The molecular weight excluding hydrogens is 268 g/mol. The number of nitrogens with one attached hydrogen (secondary N) is 1. The minimum atomic E-state index is -3.27. The van der Waals surface area contributed by atoms with Crippen LogP contribution >= 0.6 is 0 Å². The lowest BCUT2D eigenvalue weighted by Crippen LogP contribution is -2.43. The molecule has 1 amide bonds. The SMILES string of the molecule is CCC(C)N(CCNC(=O)OC(C)(C)C)S(C)(=O)=O. The molecular formula is C12H26N2O4S. The summed E-state index contributed by atoms with van der Waals surface area (Å²) in [5.74, 6) is 0. The van der Waals surface area contributed by atoms with Crippen LogP contribution < -0.4 is 5.32 Å². The van der Waals surface area contributed by atoms with Crippen molar-refractivity contribution in [2.24, 2.45) is 0 Å². The van der Waals surface area contributed by atoms with Crippen molar-refractivity contribution < 1.29 is 17.9 Å². The summed E-state index contributed by atoms with van der Waals surface area (Å²) in [7, 11) is -3.27. The molecule has 0 aromatic rings. The molecule has 0 aliphatic rings. The van der Waals surface area contributed by atoms with Gasteiger partial charge in [-0.2, -0.15) is 4.31 Å². The van der Waals surface area contributed by atoms with Gasteiger partial charge in [0.1, 0.15) is 5.60 Å². The molecule has 1 unspecified atom stereocenters. The normalized spacial score (nSPS) is 14.3. The zero-order valence-electron chi connectivity index (χ0n) is 12.7. The Morgan fingerprint density at radius 1 is 1.37 bits per heavy atom. The second-order valence-electron chi connectivity index (χ2n) is 5.56. The number of hydrogen-bond acceptors (Lipinski definition) is 4. The average molecular weight is 294 g/mol. The summed E-state index contributed by atoms with van der Waals surface area (Å²) >= 11 is 0. The monoisotopic (exact) mass is 294 g/mol. The fourth-order valence-corrected chi connectivity index (χ4v) is 2.72. The zero-order chi connectivity index (χ0) is 15.3. The van der Waals surface area contributed by atoms with Crippen LogP contribution in [-0.2, 0) is 14.8 Å². The molecule has 0 aliphatic heterocycles. The van der Waals surface area contributed by atoms with Crippen LogP contribution in [0.15, 0.2) is 0 Å². The predicted octanol–water partition coefficient (Wildman–Crippen LogP) is 1.57. The molecule has 0 saturated carbocycles. The van der Waals surface area contributed by atoms with Crippen LogP contribution in [0.4, 0.5) is 4.79 Å². The summed E-state index contributed by atoms with van der Waals surface area (Å²) in [6, 6.07) is -0.0876. The lowest BCUT2D eigenvalue weighted by molar-refractivity contribution is 0.0524. The van der Waals surface area contributed by atoms with Gasteiger partial charge >= 0.3 is 6.09 Å². The summed E-state index contributed by atoms with van der Waals surface area (Å²) in [6.45, 7) is 9.55. The van der Waals surface area contributed by atoms with Gasteiger partial charge in [0.05, 0.1) is 6.26 Å². The minimum Gasteiger partial charge on any atom is -0.444 e. The molecule has 0 heterocycles. The third kappa shape index (κ3) is 8.05. The van der Waals surface area contributed by atoms with Crippen molar-refractivity contribution in [2.75, 3.05) is 19.3 Å². The number of nitrogens with zero attached hydrogens (tertiary/aromatic N) is 1. The molecule has 0 aromatic heterocycles. The van der Waals surface area contributed by atoms with Gasteiger partial charge in [-0.25, -0.2) is 13.2 Å². The van der Waals surface area contributed by atoms with E-state index in [-0.39, 0.29) is 19.1 Å². The van der Waals surface area contributed by atoms with E-state index in [9.17, 15) is 13.2 Å². The maximum absolute atomic E-state index is 11.6. The molecule has 19 heavy (non-hydrogen) atoms. The average Bonchev–Trinajstić information content (AvgIpc) is 2.19. The number of sulfonamides is 1. The van der Waals surface area contributed by atoms with E-state index < -0.39 is 21.7 Å². The van der Waals surface area contributed by atoms with Crippen LogP contribution in [-0.4, -0.2) is 49.8 Å². The van der Waals surface area contributed by atoms with Crippen molar-refractivity contribution in [1.82, 2.24) is 9.62 Å². The fraction of sp³-hybridized carbons (Fsp3) is 0.917. The number of carbonyl (C=O) groups is 1. The lowest BCUT2D eigenvalue weighted by Gasteiger charge is -2.26. The third-order valence-corrected chi connectivity index (χ3v) is 3.90. The highest BCUT2D eigenvalue weighted by Gasteiger charge is 2.22. The second-order valence-corrected chi connectivity index (χ2v) is 7.49. The van der Waals surface area contributed by atoms with E-state index >= 15 is 0 Å². The number of alkyl carbamates (subject to hydrolysis) is 1. The van der Waals surface area contributed by atoms with Crippen LogP contribution in [0.3, 0.4) is 0 Å². The van der Waals surface area contributed by atoms with Crippen molar-refractivity contribution in [2.45, 2.75) is 52.7 Å². The quantitative estimate of drug-likeness (QED) is 0.807. The number of hydrogen-bond donors (Lipinski definition) is 1. The van der Waals surface area contributed by atoms with Crippen molar-refractivity contribution in [1.29, 1.82) is 0 Å². The van der Waals surface area contributed by atoms with E-state index in [1.165, 1.54) is 10.6 Å². The molecule has 6 nitrogen and oxygen atoms in total. The Labute approximate surface area is 116 Å².